The van der Waals surface area contributed by atoms with Crippen LogP contribution < -0.4 is 0 Å². The Morgan fingerprint density at radius 3 is 2.50 bits per heavy atom. The Kier molecular flexibility index (Phi) is 3.53. The van der Waals surface area contributed by atoms with Gasteiger partial charge in [-0.15, -0.1) is 0 Å². The molecule has 0 bridgehead atoms. The molecule has 1 aliphatic heterocycles. The molecule has 0 aromatic rings. The van der Waals surface area contributed by atoms with Gasteiger partial charge in [0.25, 0.3) is 0 Å². The summed E-state index contributed by atoms with van der Waals surface area (Å²) in [5.41, 5.74) is 0. The Morgan fingerprint density at radius 2 is 2.00 bits per heavy atom. The lowest BCUT2D eigenvalue weighted by Crippen LogP contribution is -2.38. The second-order valence-corrected chi connectivity index (χ2v) is 4.15. The van der Waals surface area contributed by atoms with Gasteiger partial charge < -0.3 is 9.84 Å². The van der Waals surface area contributed by atoms with Gasteiger partial charge in [-0.2, -0.15) is 0 Å². The van der Waals surface area contributed by atoms with E-state index in [1.165, 1.54) is 6.42 Å². The van der Waals surface area contributed by atoms with Gasteiger partial charge in [-0.05, 0) is 32.1 Å². The summed E-state index contributed by atoms with van der Waals surface area (Å²) in [6, 6.07) is 0. The molecule has 0 aromatic carbocycles. The van der Waals surface area contributed by atoms with Crippen molar-refractivity contribution < 1.29 is 9.84 Å². The van der Waals surface area contributed by atoms with Crippen LogP contribution >= 0.6 is 0 Å². The van der Waals surface area contributed by atoms with E-state index in [1.807, 2.05) is 13.8 Å². The van der Waals surface area contributed by atoms with Gasteiger partial charge in [-0.25, -0.2) is 0 Å². The third kappa shape index (κ3) is 2.46. The number of ether oxygens (including phenoxy) is 1. The van der Waals surface area contributed by atoms with Crippen LogP contribution in [-0.4, -0.2) is 23.4 Å². The summed E-state index contributed by atoms with van der Waals surface area (Å²) >= 11 is 0. The third-order valence-corrected chi connectivity index (χ3v) is 2.57. The SMILES string of the molecule is CC(C)[C@@H](O)[C@@H]1CCC[C@H](C)O1. The number of aliphatic hydroxyl groups is 1. The number of rotatable bonds is 2. The van der Waals surface area contributed by atoms with Crippen molar-refractivity contribution in [3.05, 3.63) is 0 Å². The van der Waals surface area contributed by atoms with Crippen molar-refractivity contribution in [2.45, 2.75) is 58.3 Å². The Bertz CT molecular complexity index is 134. The van der Waals surface area contributed by atoms with Crippen LogP contribution in [0.2, 0.25) is 0 Å². The highest BCUT2D eigenvalue weighted by molar-refractivity contribution is 4.76. The molecule has 1 aliphatic rings. The molecule has 12 heavy (non-hydrogen) atoms. The van der Waals surface area contributed by atoms with E-state index in [0.717, 1.165) is 12.8 Å². The maximum atomic E-state index is 9.74. The van der Waals surface area contributed by atoms with Crippen LogP contribution in [-0.2, 0) is 4.74 Å². The summed E-state index contributed by atoms with van der Waals surface area (Å²) in [5.74, 6) is 0.306. The molecule has 2 heteroatoms. The second-order valence-electron chi connectivity index (χ2n) is 4.15. The van der Waals surface area contributed by atoms with E-state index in [1.54, 1.807) is 0 Å². The molecule has 0 spiro atoms. The summed E-state index contributed by atoms with van der Waals surface area (Å²) in [6.07, 6.45) is 3.47. The van der Waals surface area contributed by atoms with Gasteiger partial charge in [0, 0.05) is 0 Å². The smallest absolute Gasteiger partial charge is 0.0840 e. The molecular formula is C10H20O2. The third-order valence-electron chi connectivity index (χ3n) is 2.57. The first-order chi connectivity index (χ1) is 5.61. The van der Waals surface area contributed by atoms with Gasteiger partial charge in [0.2, 0.25) is 0 Å². The molecule has 3 atom stereocenters. The summed E-state index contributed by atoms with van der Waals surface area (Å²) in [5, 5.41) is 9.74. The fourth-order valence-electron chi connectivity index (χ4n) is 1.72. The standard InChI is InChI=1S/C10H20O2/c1-7(2)10(11)9-6-4-5-8(3)12-9/h7-11H,4-6H2,1-3H3/t8-,9-,10+/m0/s1. The highest BCUT2D eigenvalue weighted by atomic mass is 16.5. The van der Waals surface area contributed by atoms with E-state index in [9.17, 15) is 5.11 Å². The van der Waals surface area contributed by atoms with Crippen molar-refractivity contribution >= 4 is 0 Å². The zero-order valence-electron chi connectivity index (χ0n) is 8.29. The van der Waals surface area contributed by atoms with Crippen molar-refractivity contribution in [3.63, 3.8) is 0 Å². The minimum absolute atomic E-state index is 0.0775. The molecule has 1 N–H and O–H groups in total. The minimum atomic E-state index is -0.284. The molecule has 1 heterocycles. The molecule has 0 amide bonds. The molecule has 0 unspecified atom stereocenters. The molecule has 0 saturated carbocycles. The van der Waals surface area contributed by atoms with Crippen LogP contribution in [0.4, 0.5) is 0 Å². The zero-order chi connectivity index (χ0) is 9.14. The summed E-state index contributed by atoms with van der Waals surface area (Å²) in [6.45, 7) is 6.15. The first-order valence-corrected chi connectivity index (χ1v) is 4.94. The van der Waals surface area contributed by atoms with E-state index in [2.05, 4.69) is 6.92 Å². The van der Waals surface area contributed by atoms with E-state index in [0.29, 0.717) is 12.0 Å². The summed E-state index contributed by atoms with van der Waals surface area (Å²) in [7, 11) is 0. The lowest BCUT2D eigenvalue weighted by molar-refractivity contribution is -0.111. The van der Waals surface area contributed by atoms with Gasteiger partial charge in [0.1, 0.15) is 0 Å². The Morgan fingerprint density at radius 1 is 1.33 bits per heavy atom. The molecular weight excluding hydrogens is 152 g/mol. The average Bonchev–Trinajstić information content (AvgIpc) is 2.03. The molecule has 1 fully saturated rings. The van der Waals surface area contributed by atoms with E-state index < -0.39 is 0 Å². The molecule has 0 aromatic heterocycles. The molecule has 2 nitrogen and oxygen atoms in total. The fraction of sp³-hybridized carbons (Fsp3) is 1.00. The van der Waals surface area contributed by atoms with Crippen LogP contribution in [0.1, 0.15) is 40.0 Å². The summed E-state index contributed by atoms with van der Waals surface area (Å²) in [4.78, 5) is 0. The normalized spacial score (nSPS) is 33.8. The molecule has 0 aliphatic carbocycles. The van der Waals surface area contributed by atoms with Crippen LogP contribution in [0.15, 0.2) is 0 Å². The zero-order valence-corrected chi connectivity index (χ0v) is 8.29. The predicted molar refractivity (Wildman–Crippen MR) is 49.0 cm³/mol. The topological polar surface area (TPSA) is 29.5 Å². The van der Waals surface area contributed by atoms with Gasteiger partial charge >= 0.3 is 0 Å². The van der Waals surface area contributed by atoms with Crippen LogP contribution in [0.25, 0.3) is 0 Å². The number of hydrogen-bond acceptors (Lipinski definition) is 2. The van der Waals surface area contributed by atoms with Crippen molar-refractivity contribution in [1.82, 2.24) is 0 Å². The lowest BCUT2D eigenvalue weighted by atomic mass is 9.95. The summed E-state index contributed by atoms with van der Waals surface area (Å²) < 4.78 is 5.66. The number of aliphatic hydroxyl groups excluding tert-OH is 1. The predicted octanol–water partition coefficient (Wildman–Crippen LogP) is 1.96. The van der Waals surface area contributed by atoms with Crippen LogP contribution in [0.5, 0.6) is 0 Å². The number of hydrogen-bond donors (Lipinski definition) is 1. The fourth-order valence-corrected chi connectivity index (χ4v) is 1.72. The molecule has 0 radical (unpaired) electrons. The largest absolute Gasteiger partial charge is 0.390 e. The van der Waals surface area contributed by atoms with Crippen LogP contribution in [0.3, 0.4) is 0 Å². The van der Waals surface area contributed by atoms with E-state index in [-0.39, 0.29) is 12.2 Å². The van der Waals surface area contributed by atoms with Crippen molar-refractivity contribution in [2.75, 3.05) is 0 Å². The van der Waals surface area contributed by atoms with E-state index >= 15 is 0 Å². The lowest BCUT2D eigenvalue weighted by Gasteiger charge is -2.32. The van der Waals surface area contributed by atoms with E-state index in [4.69, 9.17) is 4.74 Å². The molecule has 1 rings (SSSR count). The first-order valence-electron chi connectivity index (χ1n) is 4.94. The maximum Gasteiger partial charge on any atom is 0.0840 e. The van der Waals surface area contributed by atoms with Crippen molar-refractivity contribution in [2.24, 2.45) is 5.92 Å². The van der Waals surface area contributed by atoms with Crippen molar-refractivity contribution in [3.8, 4) is 0 Å². The van der Waals surface area contributed by atoms with Crippen molar-refractivity contribution in [1.29, 1.82) is 0 Å². The van der Waals surface area contributed by atoms with Gasteiger partial charge in [-0.3, -0.25) is 0 Å². The Balaban J connectivity index is 2.40. The maximum absolute atomic E-state index is 9.74. The molecule has 72 valence electrons. The minimum Gasteiger partial charge on any atom is -0.390 e. The average molecular weight is 172 g/mol. The Hall–Kier alpha value is -0.0800. The van der Waals surface area contributed by atoms with Crippen LogP contribution in [0, 0.1) is 5.92 Å². The highest BCUT2D eigenvalue weighted by Gasteiger charge is 2.27. The van der Waals surface area contributed by atoms with Gasteiger partial charge in [-0.1, -0.05) is 13.8 Å². The van der Waals surface area contributed by atoms with Gasteiger partial charge in [0.15, 0.2) is 0 Å². The Labute approximate surface area is 74.9 Å². The quantitative estimate of drug-likeness (QED) is 0.690. The second kappa shape index (κ2) is 4.24. The monoisotopic (exact) mass is 172 g/mol. The first kappa shape index (κ1) is 10.0. The molecule has 1 saturated heterocycles. The van der Waals surface area contributed by atoms with Gasteiger partial charge in [0.05, 0.1) is 18.3 Å². The highest BCUT2D eigenvalue weighted by Crippen LogP contribution is 2.23.